The molecule has 0 fully saturated rings. The number of halogens is 9. The van der Waals surface area contributed by atoms with Gasteiger partial charge in [0.05, 0.1) is 35.5 Å². The highest BCUT2D eigenvalue weighted by atomic mass is 19.4. The molecule has 254 valence electrons. The molecule has 1 atom stereocenters. The number of aliphatic hydroxyl groups is 1. The Hall–Kier alpha value is -4.92. The van der Waals surface area contributed by atoms with E-state index in [4.69, 9.17) is 10.1 Å². The van der Waals surface area contributed by atoms with Crippen LogP contribution < -0.4 is 4.74 Å². The van der Waals surface area contributed by atoms with Gasteiger partial charge >= 0.3 is 24.5 Å². The minimum absolute atomic E-state index is 0.0171. The van der Waals surface area contributed by atoms with E-state index in [1.54, 1.807) is 6.92 Å². The van der Waals surface area contributed by atoms with Crippen molar-refractivity contribution in [2.24, 2.45) is 0 Å². The number of nitrogens with one attached hydrogen (secondary N) is 1. The van der Waals surface area contributed by atoms with Gasteiger partial charge in [0.25, 0.3) is 0 Å². The number of alkyl halides is 9. The number of pyridine rings is 1. The van der Waals surface area contributed by atoms with Crippen LogP contribution in [0.5, 0.6) is 5.88 Å². The Morgan fingerprint density at radius 2 is 1.40 bits per heavy atom. The number of benzene rings is 3. The van der Waals surface area contributed by atoms with Crippen LogP contribution in [0.4, 0.5) is 39.5 Å². The molecule has 0 aliphatic carbocycles. The zero-order chi connectivity index (χ0) is 35.8. The van der Waals surface area contributed by atoms with Crippen molar-refractivity contribution in [1.29, 1.82) is 5.41 Å². The van der Waals surface area contributed by atoms with Gasteiger partial charge < -0.3 is 20.4 Å². The molecule has 4 rings (SSSR count). The molecule has 48 heavy (non-hydrogen) atoms. The van der Waals surface area contributed by atoms with E-state index >= 15 is 0 Å². The Balaban J connectivity index is 1.75. The quantitative estimate of drug-likeness (QED) is 0.121. The van der Waals surface area contributed by atoms with Crippen molar-refractivity contribution in [2.75, 3.05) is 7.11 Å². The molecule has 0 bridgehead atoms. The SMILES string of the molecule is COc1ncc(-c2ccc(C(=O)O)cc2C)cc1-c1ccc(C(F)(F)F)cc1CC(=N)C[C@H](O)c1cc(C(F)(F)F)cc(C(F)(F)F)c1. The summed E-state index contributed by atoms with van der Waals surface area (Å²) in [7, 11) is 1.25. The van der Waals surface area contributed by atoms with Crippen LogP contribution in [0.25, 0.3) is 22.3 Å². The molecule has 0 aliphatic heterocycles. The lowest BCUT2D eigenvalue weighted by Gasteiger charge is -2.19. The number of carbonyl (C=O) groups is 1. The van der Waals surface area contributed by atoms with E-state index in [1.165, 1.54) is 37.6 Å². The minimum atomic E-state index is -5.19. The third-order valence-corrected chi connectivity index (χ3v) is 7.39. The van der Waals surface area contributed by atoms with Gasteiger partial charge in [-0.05, 0) is 83.3 Å². The summed E-state index contributed by atoms with van der Waals surface area (Å²) in [5.74, 6) is -1.19. The van der Waals surface area contributed by atoms with E-state index in [-0.39, 0.29) is 34.2 Å². The summed E-state index contributed by atoms with van der Waals surface area (Å²) in [6, 6.07) is 8.95. The van der Waals surface area contributed by atoms with Crippen LogP contribution in [0.1, 0.15) is 56.3 Å². The predicted octanol–water partition coefficient (Wildman–Crippen LogP) is 9.17. The van der Waals surface area contributed by atoms with Crippen LogP contribution in [-0.2, 0) is 24.9 Å². The molecule has 0 aliphatic rings. The van der Waals surface area contributed by atoms with Gasteiger partial charge in [0.15, 0.2) is 0 Å². The first-order valence-electron chi connectivity index (χ1n) is 13.8. The van der Waals surface area contributed by atoms with Crippen LogP contribution >= 0.6 is 0 Å². The number of hydrogen-bond acceptors (Lipinski definition) is 5. The first kappa shape index (κ1) is 35.9. The van der Waals surface area contributed by atoms with E-state index in [0.717, 1.165) is 18.2 Å². The number of methoxy groups -OCH3 is 1. The molecule has 1 aromatic heterocycles. The zero-order valence-corrected chi connectivity index (χ0v) is 24.9. The number of aromatic nitrogens is 1. The summed E-state index contributed by atoms with van der Waals surface area (Å²) < 4.78 is 127. The molecule has 0 amide bonds. The Labute approximate surface area is 267 Å². The number of aryl methyl sites for hydroxylation is 1. The Kier molecular flexibility index (Phi) is 9.95. The molecule has 0 unspecified atom stereocenters. The largest absolute Gasteiger partial charge is 0.481 e. The van der Waals surface area contributed by atoms with Crippen LogP contribution in [0.2, 0.25) is 0 Å². The maximum absolute atomic E-state index is 13.7. The Morgan fingerprint density at radius 3 is 1.92 bits per heavy atom. The Bertz CT molecular complexity index is 1830. The monoisotopic (exact) mass is 684 g/mol. The molecule has 6 nitrogen and oxygen atoms in total. The van der Waals surface area contributed by atoms with Crippen molar-refractivity contribution >= 4 is 11.7 Å². The lowest BCUT2D eigenvalue weighted by Crippen LogP contribution is -2.15. The number of carboxylic acid groups (broad SMARTS) is 1. The summed E-state index contributed by atoms with van der Waals surface area (Å²) >= 11 is 0. The lowest BCUT2D eigenvalue weighted by molar-refractivity contribution is -0.143. The molecule has 15 heteroatoms. The number of aromatic carboxylic acids is 1. The molecule has 4 aromatic rings. The fourth-order valence-corrected chi connectivity index (χ4v) is 5.08. The fraction of sp³-hybridized carbons (Fsp3) is 0.242. The third kappa shape index (κ3) is 8.13. The second kappa shape index (κ2) is 13.3. The molecule has 0 spiro atoms. The molecule has 0 saturated heterocycles. The predicted molar refractivity (Wildman–Crippen MR) is 156 cm³/mol. The van der Waals surface area contributed by atoms with Crippen molar-refractivity contribution < 1.29 is 59.3 Å². The highest BCUT2D eigenvalue weighted by Crippen LogP contribution is 2.40. The van der Waals surface area contributed by atoms with E-state index < -0.39 is 71.4 Å². The smallest absolute Gasteiger partial charge is 0.416 e. The van der Waals surface area contributed by atoms with Crippen molar-refractivity contribution in [1.82, 2.24) is 4.98 Å². The van der Waals surface area contributed by atoms with Crippen molar-refractivity contribution in [3.8, 4) is 28.1 Å². The number of aliphatic hydroxyl groups excluding tert-OH is 1. The van der Waals surface area contributed by atoms with Gasteiger partial charge in [0.1, 0.15) is 0 Å². The van der Waals surface area contributed by atoms with E-state index in [2.05, 4.69) is 4.98 Å². The minimum Gasteiger partial charge on any atom is -0.481 e. The average Bonchev–Trinajstić information content (AvgIpc) is 2.99. The average molecular weight is 685 g/mol. The second-order valence-corrected chi connectivity index (χ2v) is 10.8. The first-order valence-corrected chi connectivity index (χ1v) is 13.8. The van der Waals surface area contributed by atoms with Crippen LogP contribution in [0.3, 0.4) is 0 Å². The number of hydrogen-bond donors (Lipinski definition) is 3. The standard InChI is InChI=1S/C33H25F9N2O4/c1-16-7-17(30(46)47)3-5-25(16)20-12-27(29(48-2)44-15-20)26-6-4-21(31(34,35)36)8-18(26)11-24(43)14-28(45)19-9-22(32(37,38)39)13-23(10-19)33(40,41)42/h3-10,12-13,15,28,43,45H,11,14H2,1-2H3,(H,46,47)/t28-/m0/s1. The summed E-state index contributed by atoms with van der Waals surface area (Å²) in [6.45, 7) is 1.64. The molecular formula is C33H25F9N2O4. The fourth-order valence-electron chi connectivity index (χ4n) is 5.08. The number of nitrogens with zero attached hydrogens (tertiary/aromatic N) is 1. The van der Waals surface area contributed by atoms with Gasteiger partial charge in [0, 0.05) is 35.9 Å². The van der Waals surface area contributed by atoms with Gasteiger partial charge in [-0.3, -0.25) is 0 Å². The van der Waals surface area contributed by atoms with Crippen molar-refractivity contribution in [3.63, 3.8) is 0 Å². The first-order chi connectivity index (χ1) is 22.2. The maximum atomic E-state index is 13.7. The van der Waals surface area contributed by atoms with Gasteiger partial charge in [-0.25, -0.2) is 9.78 Å². The topological polar surface area (TPSA) is 104 Å². The molecular weight excluding hydrogens is 659 g/mol. The summed E-state index contributed by atoms with van der Waals surface area (Å²) in [5.41, 5.74) is -4.07. The number of ether oxygens (including phenoxy) is 1. The van der Waals surface area contributed by atoms with Gasteiger partial charge in [0.2, 0.25) is 5.88 Å². The van der Waals surface area contributed by atoms with E-state index in [0.29, 0.717) is 28.8 Å². The molecule has 3 N–H and O–H groups in total. The van der Waals surface area contributed by atoms with Crippen LogP contribution in [-0.4, -0.2) is 34.0 Å². The molecule has 1 heterocycles. The van der Waals surface area contributed by atoms with E-state index in [9.17, 15) is 54.5 Å². The summed E-state index contributed by atoms with van der Waals surface area (Å²) in [4.78, 5) is 15.6. The van der Waals surface area contributed by atoms with Crippen LogP contribution in [0.15, 0.2) is 66.9 Å². The van der Waals surface area contributed by atoms with Gasteiger partial charge in [-0.15, -0.1) is 0 Å². The Morgan fingerprint density at radius 1 is 0.812 bits per heavy atom. The van der Waals surface area contributed by atoms with Crippen LogP contribution in [0, 0.1) is 12.3 Å². The molecule has 0 saturated carbocycles. The highest BCUT2D eigenvalue weighted by molar-refractivity contribution is 5.90. The normalized spacial score (nSPS) is 12.9. The third-order valence-electron chi connectivity index (χ3n) is 7.39. The maximum Gasteiger partial charge on any atom is 0.416 e. The van der Waals surface area contributed by atoms with E-state index in [1.807, 2.05) is 0 Å². The van der Waals surface area contributed by atoms with Crippen molar-refractivity contribution in [3.05, 3.63) is 106 Å². The number of rotatable bonds is 9. The summed E-state index contributed by atoms with van der Waals surface area (Å²) in [6.07, 6.45) is -17.2. The number of carboxylic acids is 1. The summed E-state index contributed by atoms with van der Waals surface area (Å²) in [5, 5.41) is 28.3. The molecule has 0 radical (unpaired) electrons. The van der Waals surface area contributed by atoms with Gasteiger partial charge in [-0.1, -0.05) is 12.1 Å². The van der Waals surface area contributed by atoms with Gasteiger partial charge in [-0.2, -0.15) is 39.5 Å². The lowest BCUT2D eigenvalue weighted by atomic mass is 9.90. The van der Waals surface area contributed by atoms with Crippen molar-refractivity contribution in [2.45, 2.75) is 44.4 Å². The zero-order valence-electron chi connectivity index (χ0n) is 24.9. The highest BCUT2D eigenvalue weighted by Gasteiger charge is 2.38. The molecule has 3 aromatic carbocycles. The second-order valence-electron chi connectivity index (χ2n) is 10.8.